The largest absolute Gasteiger partial charge is 0.371 e. The minimum Gasteiger partial charge on any atom is -0.371 e. The molecule has 0 spiro atoms. The van der Waals surface area contributed by atoms with Crippen LogP contribution in [-0.4, -0.2) is 37.1 Å². The number of rotatable bonds is 2. The smallest absolute Gasteiger partial charge is 0.0366 e. The van der Waals surface area contributed by atoms with Crippen molar-refractivity contribution in [2.45, 2.75) is 71.8 Å². The van der Waals surface area contributed by atoms with Crippen LogP contribution < -0.4 is 4.90 Å². The van der Waals surface area contributed by atoms with E-state index in [0.717, 1.165) is 6.04 Å². The quantitative estimate of drug-likeness (QED) is 0.747. The predicted octanol–water partition coefficient (Wildman–Crippen LogP) is 5.07. The van der Waals surface area contributed by atoms with Crippen LogP contribution in [0.3, 0.4) is 0 Å². The molecular weight excluding hydrogens is 292 g/mol. The van der Waals surface area contributed by atoms with E-state index in [1.165, 1.54) is 63.1 Å². The first-order chi connectivity index (χ1) is 11.2. The molecule has 0 bridgehead atoms. The molecular formula is C22H36N2. The molecule has 1 aromatic rings. The molecule has 134 valence electrons. The first-order valence-electron chi connectivity index (χ1n) is 9.84. The summed E-state index contributed by atoms with van der Waals surface area (Å²) in [6.45, 7) is 16.7. The molecule has 3 rings (SSSR count). The molecule has 24 heavy (non-hydrogen) atoms. The molecule has 2 aliphatic heterocycles. The normalized spacial score (nSPS) is 23.5. The molecule has 0 saturated carbocycles. The molecule has 0 amide bonds. The second kappa shape index (κ2) is 6.71. The van der Waals surface area contributed by atoms with Crippen LogP contribution in [0.4, 0.5) is 5.69 Å². The lowest BCUT2D eigenvalue weighted by molar-refractivity contribution is 0.0824. The summed E-state index contributed by atoms with van der Waals surface area (Å²) in [6, 6.07) is 10.1. The second-order valence-corrected chi connectivity index (χ2v) is 9.72. The number of piperidine rings is 2. The fourth-order valence-electron chi connectivity index (χ4n) is 4.16. The molecule has 2 heterocycles. The molecule has 2 nitrogen and oxygen atoms in total. The van der Waals surface area contributed by atoms with Crippen molar-refractivity contribution in [3.63, 3.8) is 0 Å². The van der Waals surface area contributed by atoms with Crippen molar-refractivity contribution in [2.75, 3.05) is 31.1 Å². The minimum atomic E-state index is 0.244. The third-order valence-corrected chi connectivity index (χ3v) is 6.23. The predicted molar refractivity (Wildman–Crippen MR) is 105 cm³/mol. The van der Waals surface area contributed by atoms with Gasteiger partial charge in [-0.15, -0.1) is 0 Å². The van der Waals surface area contributed by atoms with Crippen molar-refractivity contribution in [1.82, 2.24) is 4.90 Å². The van der Waals surface area contributed by atoms with E-state index >= 15 is 0 Å². The Balaban J connectivity index is 1.54. The summed E-state index contributed by atoms with van der Waals surface area (Å²) >= 11 is 0. The Kier molecular flexibility index (Phi) is 4.97. The zero-order valence-electron chi connectivity index (χ0n) is 16.4. The maximum atomic E-state index is 2.77. The Morgan fingerprint density at radius 1 is 0.875 bits per heavy atom. The molecule has 0 aliphatic carbocycles. The third kappa shape index (κ3) is 4.14. The van der Waals surface area contributed by atoms with Gasteiger partial charge >= 0.3 is 0 Å². The van der Waals surface area contributed by atoms with E-state index in [-0.39, 0.29) is 5.41 Å². The first-order valence-corrected chi connectivity index (χ1v) is 9.84. The van der Waals surface area contributed by atoms with E-state index in [2.05, 4.69) is 68.7 Å². The van der Waals surface area contributed by atoms with Gasteiger partial charge in [0, 0.05) is 24.8 Å². The number of likely N-dealkylation sites (tertiary alicyclic amines) is 1. The van der Waals surface area contributed by atoms with Gasteiger partial charge in [0.05, 0.1) is 0 Å². The van der Waals surface area contributed by atoms with Gasteiger partial charge in [-0.2, -0.15) is 0 Å². The van der Waals surface area contributed by atoms with Crippen LogP contribution in [0.25, 0.3) is 0 Å². The summed E-state index contributed by atoms with van der Waals surface area (Å²) < 4.78 is 0. The van der Waals surface area contributed by atoms with Crippen molar-refractivity contribution in [3.8, 4) is 0 Å². The van der Waals surface area contributed by atoms with Crippen LogP contribution in [0.15, 0.2) is 24.3 Å². The summed E-state index contributed by atoms with van der Waals surface area (Å²) in [5.74, 6) is 0. The highest BCUT2D eigenvalue weighted by Crippen LogP contribution is 2.33. The number of benzene rings is 1. The summed E-state index contributed by atoms with van der Waals surface area (Å²) in [5, 5.41) is 0. The van der Waals surface area contributed by atoms with Gasteiger partial charge in [0.2, 0.25) is 0 Å². The van der Waals surface area contributed by atoms with Gasteiger partial charge in [-0.1, -0.05) is 46.8 Å². The highest BCUT2D eigenvalue weighted by atomic mass is 15.2. The van der Waals surface area contributed by atoms with E-state index < -0.39 is 0 Å². The first kappa shape index (κ1) is 17.8. The van der Waals surface area contributed by atoms with E-state index in [0.29, 0.717) is 5.41 Å². The maximum absolute atomic E-state index is 2.77. The van der Waals surface area contributed by atoms with Crippen LogP contribution in [0.5, 0.6) is 0 Å². The van der Waals surface area contributed by atoms with Gasteiger partial charge < -0.3 is 9.80 Å². The summed E-state index contributed by atoms with van der Waals surface area (Å²) in [5.41, 5.74) is 3.64. The Labute approximate surface area is 149 Å². The van der Waals surface area contributed by atoms with Gasteiger partial charge in [-0.05, 0) is 67.3 Å². The van der Waals surface area contributed by atoms with Crippen LogP contribution >= 0.6 is 0 Å². The number of nitrogens with zero attached hydrogens (tertiary/aromatic N) is 2. The Hall–Kier alpha value is -1.02. The van der Waals surface area contributed by atoms with Gasteiger partial charge in [0.1, 0.15) is 0 Å². The van der Waals surface area contributed by atoms with Crippen LogP contribution in [0.1, 0.15) is 65.9 Å². The summed E-state index contributed by atoms with van der Waals surface area (Å²) in [7, 11) is 0. The number of hydrogen-bond donors (Lipinski definition) is 0. The van der Waals surface area contributed by atoms with Gasteiger partial charge in [0.25, 0.3) is 0 Å². The van der Waals surface area contributed by atoms with E-state index in [1.54, 1.807) is 0 Å². The highest BCUT2D eigenvalue weighted by Gasteiger charge is 2.31. The average Bonchev–Trinajstić information content (AvgIpc) is 2.54. The van der Waals surface area contributed by atoms with E-state index in [9.17, 15) is 0 Å². The van der Waals surface area contributed by atoms with Crippen molar-refractivity contribution in [3.05, 3.63) is 29.8 Å². The molecule has 2 heteroatoms. The zero-order valence-corrected chi connectivity index (χ0v) is 16.4. The lowest BCUT2D eigenvalue weighted by Gasteiger charge is -2.44. The van der Waals surface area contributed by atoms with Crippen molar-refractivity contribution in [1.29, 1.82) is 0 Å². The number of anilines is 1. The van der Waals surface area contributed by atoms with Crippen LogP contribution in [0.2, 0.25) is 0 Å². The SMILES string of the molecule is CC1(C)CCN(C2CCN(c3ccc(C(C)(C)C)cc3)CC2)CC1. The van der Waals surface area contributed by atoms with Gasteiger partial charge in [0.15, 0.2) is 0 Å². The number of hydrogen-bond acceptors (Lipinski definition) is 2. The highest BCUT2D eigenvalue weighted by molar-refractivity contribution is 5.49. The molecule has 0 aromatic heterocycles. The topological polar surface area (TPSA) is 6.48 Å². The molecule has 2 aliphatic rings. The van der Waals surface area contributed by atoms with Crippen molar-refractivity contribution in [2.24, 2.45) is 5.41 Å². The Morgan fingerprint density at radius 2 is 1.42 bits per heavy atom. The maximum Gasteiger partial charge on any atom is 0.0366 e. The molecule has 2 fully saturated rings. The molecule has 1 aromatic carbocycles. The van der Waals surface area contributed by atoms with Gasteiger partial charge in [-0.25, -0.2) is 0 Å². The standard InChI is InChI=1S/C22H36N2/c1-21(2,3)18-6-8-19(9-7-18)23-14-10-20(11-15-23)24-16-12-22(4,5)13-17-24/h6-9,20H,10-17H2,1-5H3. The Bertz CT molecular complexity index is 520. The fraction of sp³-hybridized carbons (Fsp3) is 0.727. The summed E-state index contributed by atoms with van der Waals surface area (Å²) in [6.07, 6.45) is 5.37. The molecule has 0 radical (unpaired) electrons. The monoisotopic (exact) mass is 328 g/mol. The zero-order chi connectivity index (χ0) is 17.4. The summed E-state index contributed by atoms with van der Waals surface area (Å²) in [4.78, 5) is 5.35. The molecule has 0 atom stereocenters. The average molecular weight is 329 g/mol. The second-order valence-electron chi connectivity index (χ2n) is 9.72. The molecule has 0 N–H and O–H groups in total. The lowest BCUT2D eigenvalue weighted by atomic mass is 9.82. The Morgan fingerprint density at radius 3 is 1.92 bits per heavy atom. The third-order valence-electron chi connectivity index (χ3n) is 6.23. The fourth-order valence-corrected chi connectivity index (χ4v) is 4.16. The van der Waals surface area contributed by atoms with E-state index in [4.69, 9.17) is 0 Å². The molecule has 2 saturated heterocycles. The van der Waals surface area contributed by atoms with Crippen LogP contribution in [0, 0.1) is 5.41 Å². The van der Waals surface area contributed by atoms with Crippen molar-refractivity contribution < 1.29 is 0 Å². The molecule has 0 unspecified atom stereocenters. The van der Waals surface area contributed by atoms with E-state index in [1.807, 2.05) is 0 Å². The van der Waals surface area contributed by atoms with Crippen molar-refractivity contribution >= 4 is 5.69 Å². The lowest BCUT2D eigenvalue weighted by Crippen LogP contribution is -2.48. The van der Waals surface area contributed by atoms with Gasteiger partial charge in [-0.3, -0.25) is 0 Å². The van der Waals surface area contributed by atoms with Crippen LogP contribution in [-0.2, 0) is 5.41 Å². The minimum absolute atomic E-state index is 0.244.